The second-order valence-electron chi connectivity index (χ2n) is 1.88. The number of rotatable bonds is 3. The number of hydrogen-bond donors (Lipinski definition) is 1. The molecule has 0 rings (SSSR count). The van der Waals surface area contributed by atoms with Gasteiger partial charge in [0.25, 0.3) is 0 Å². The molecule has 1 amide bonds. The largest absolute Gasteiger partial charge is 0.356 e. The van der Waals surface area contributed by atoms with Crippen molar-refractivity contribution in [2.75, 3.05) is 6.54 Å². The van der Waals surface area contributed by atoms with Crippen LogP contribution in [0.25, 0.3) is 0 Å². The van der Waals surface area contributed by atoms with Crippen molar-refractivity contribution in [3.8, 4) is 11.8 Å². The Hall–Kier alpha value is -0.970. The third-order valence-electron chi connectivity index (χ3n) is 1.03. The van der Waals surface area contributed by atoms with Crippen molar-refractivity contribution in [1.29, 1.82) is 0 Å². The zero-order chi connectivity index (χ0) is 7.82. The van der Waals surface area contributed by atoms with Crippen LogP contribution in [-0.2, 0) is 4.79 Å². The molecule has 0 aromatic heterocycles. The van der Waals surface area contributed by atoms with Crippen LogP contribution in [0.15, 0.2) is 0 Å². The molecular formula is C8H13NO. The van der Waals surface area contributed by atoms with Gasteiger partial charge in [-0.15, -0.1) is 11.8 Å². The molecule has 0 atom stereocenters. The summed E-state index contributed by atoms with van der Waals surface area (Å²) in [6.45, 7) is 4.39. The van der Waals surface area contributed by atoms with Gasteiger partial charge in [-0.3, -0.25) is 4.79 Å². The number of carbonyl (C=O) groups excluding carboxylic acids is 1. The van der Waals surface area contributed by atoms with Gasteiger partial charge in [0, 0.05) is 19.4 Å². The van der Waals surface area contributed by atoms with Gasteiger partial charge in [-0.2, -0.15) is 0 Å². The van der Waals surface area contributed by atoms with Crippen LogP contribution < -0.4 is 5.32 Å². The monoisotopic (exact) mass is 139 g/mol. The Kier molecular flexibility index (Phi) is 5.56. The topological polar surface area (TPSA) is 29.1 Å². The summed E-state index contributed by atoms with van der Waals surface area (Å²) in [5, 5.41) is 2.70. The molecule has 0 unspecified atom stereocenters. The van der Waals surface area contributed by atoms with Crippen LogP contribution in [0.4, 0.5) is 0 Å². The van der Waals surface area contributed by atoms with E-state index in [0.717, 1.165) is 0 Å². The second-order valence-corrected chi connectivity index (χ2v) is 1.88. The molecule has 10 heavy (non-hydrogen) atoms. The van der Waals surface area contributed by atoms with Crippen LogP contribution >= 0.6 is 0 Å². The van der Waals surface area contributed by atoms with Gasteiger partial charge in [0.2, 0.25) is 5.91 Å². The number of carbonyl (C=O) groups is 1. The van der Waals surface area contributed by atoms with Crippen molar-refractivity contribution in [2.45, 2.75) is 26.7 Å². The van der Waals surface area contributed by atoms with Gasteiger partial charge in [0.15, 0.2) is 0 Å². The van der Waals surface area contributed by atoms with E-state index < -0.39 is 0 Å². The predicted octanol–water partition coefficient (Wildman–Crippen LogP) is 0.926. The van der Waals surface area contributed by atoms with Gasteiger partial charge >= 0.3 is 0 Å². The first-order chi connectivity index (χ1) is 4.81. The molecule has 0 aliphatic rings. The van der Waals surface area contributed by atoms with Gasteiger partial charge in [-0.25, -0.2) is 0 Å². The Morgan fingerprint density at radius 1 is 1.60 bits per heavy atom. The van der Waals surface area contributed by atoms with Crippen LogP contribution in [0.5, 0.6) is 0 Å². The SMILES string of the molecule is CC#CCCC(=O)NCC. The van der Waals surface area contributed by atoms with Crippen LogP contribution in [-0.4, -0.2) is 12.5 Å². The Bertz CT molecular complexity index is 152. The first-order valence-electron chi connectivity index (χ1n) is 3.47. The first kappa shape index (κ1) is 9.03. The summed E-state index contributed by atoms with van der Waals surface area (Å²) in [5.74, 6) is 5.65. The lowest BCUT2D eigenvalue weighted by Gasteiger charge is -1.96. The predicted molar refractivity (Wildman–Crippen MR) is 41.4 cm³/mol. The van der Waals surface area contributed by atoms with Crippen LogP contribution in [0.2, 0.25) is 0 Å². The van der Waals surface area contributed by atoms with E-state index in [2.05, 4.69) is 17.2 Å². The number of amides is 1. The standard InChI is InChI=1S/C8H13NO/c1-3-5-6-7-8(10)9-4-2/h4,6-7H2,1-2H3,(H,9,10). The van der Waals surface area contributed by atoms with Crippen molar-refractivity contribution in [1.82, 2.24) is 5.32 Å². The summed E-state index contributed by atoms with van der Waals surface area (Å²) in [5.41, 5.74) is 0. The van der Waals surface area contributed by atoms with Gasteiger partial charge in [0.1, 0.15) is 0 Å². The van der Waals surface area contributed by atoms with Crippen LogP contribution in [0.3, 0.4) is 0 Å². The molecule has 0 aromatic rings. The van der Waals surface area contributed by atoms with Gasteiger partial charge in [0.05, 0.1) is 0 Å². The van der Waals surface area contributed by atoms with E-state index in [-0.39, 0.29) is 5.91 Å². The third kappa shape index (κ3) is 5.17. The molecule has 0 radical (unpaired) electrons. The zero-order valence-electron chi connectivity index (χ0n) is 6.53. The third-order valence-corrected chi connectivity index (χ3v) is 1.03. The Morgan fingerprint density at radius 2 is 2.30 bits per heavy atom. The molecule has 2 heteroatoms. The molecule has 0 fully saturated rings. The summed E-state index contributed by atoms with van der Waals surface area (Å²) in [6.07, 6.45) is 1.19. The summed E-state index contributed by atoms with van der Waals surface area (Å²) >= 11 is 0. The van der Waals surface area contributed by atoms with Crippen molar-refractivity contribution in [3.63, 3.8) is 0 Å². The molecule has 0 aliphatic carbocycles. The van der Waals surface area contributed by atoms with E-state index >= 15 is 0 Å². The highest BCUT2D eigenvalue weighted by Gasteiger charge is 1.94. The average molecular weight is 139 g/mol. The lowest BCUT2D eigenvalue weighted by atomic mass is 10.3. The van der Waals surface area contributed by atoms with Crippen LogP contribution in [0, 0.1) is 11.8 Å². The van der Waals surface area contributed by atoms with Crippen molar-refractivity contribution in [3.05, 3.63) is 0 Å². The minimum atomic E-state index is 0.0882. The van der Waals surface area contributed by atoms with Crippen molar-refractivity contribution >= 4 is 5.91 Å². The molecule has 56 valence electrons. The van der Waals surface area contributed by atoms with Crippen molar-refractivity contribution < 1.29 is 4.79 Å². The normalized spacial score (nSPS) is 7.80. The van der Waals surface area contributed by atoms with E-state index in [4.69, 9.17) is 0 Å². The van der Waals surface area contributed by atoms with Crippen molar-refractivity contribution in [2.24, 2.45) is 0 Å². The quantitative estimate of drug-likeness (QED) is 0.579. The van der Waals surface area contributed by atoms with E-state index in [0.29, 0.717) is 19.4 Å². The Labute approximate surface area is 62.0 Å². The van der Waals surface area contributed by atoms with Crippen LogP contribution in [0.1, 0.15) is 26.7 Å². The lowest BCUT2D eigenvalue weighted by Crippen LogP contribution is -2.21. The fourth-order valence-electron chi connectivity index (χ4n) is 0.587. The first-order valence-corrected chi connectivity index (χ1v) is 3.47. The smallest absolute Gasteiger partial charge is 0.220 e. The molecule has 0 saturated heterocycles. The van der Waals surface area contributed by atoms with Gasteiger partial charge in [-0.1, -0.05) is 0 Å². The maximum absolute atomic E-state index is 10.7. The average Bonchev–Trinajstić information content (AvgIpc) is 1.89. The number of nitrogens with one attached hydrogen (secondary N) is 1. The molecule has 1 N–H and O–H groups in total. The van der Waals surface area contributed by atoms with E-state index in [1.807, 2.05) is 6.92 Å². The highest BCUT2D eigenvalue weighted by atomic mass is 16.1. The molecule has 0 bridgehead atoms. The molecular weight excluding hydrogens is 126 g/mol. The Balaban J connectivity index is 3.27. The minimum absolute atomic E-state index is 0.0882. The fourth-order valence-corrected chi connectivity index (χ4v) is 0.587. The van der Waals surface area contributed by atoms with Gasteiger partial charge < -0.3 is 5.32 Å². The molecule has 0 saturated carbocycles. The fraction of sp³-hybridized carbons (Fsp3) is 0.625. The summed E-state index contributed by atoms with van der Waals surface area (Å²) in [6, 6.07) is 0. The molecule has 0 aromatic carbocycles. The summed E-state index contributed by atoms with van der Waals surface area (Å²) in [4.78, 5) is 10.7. The zero-order valence-corrected chi connectivity index (χ0v) is 6.53. The van der Waals surface area contributed by atoms with Gasteiger partial charge in [-0.05, 0) is 13.8 Å². The minimum Gasteiger partial charge on any atom is -0.356 e. The van der Waals surface area contributed by atoms with E-state index in [9.17, 15) is 4.79 Å². The maximum Gasteiger partial charge on any atom is 0.220 e. The molecule has 0 heterocycles. The number of hydrogen-bond acceptors (Lipinski definition) is 1. The maximum atomic E-state index is 10.7. The summed E-state index contributed by atoms with van der Waals surface area (Å²) in [7, 11) is 0. The highest BCUT2D eigenvalue weighted by molar-refractivity contribution is 5.75. The lowest BCUT2D eigenvalue weighted by molar-refractivity contribution is -0.120. The van der Waals surface area contributed by atoms with E-state index in [1.54, 1.807) is 6.92 Å². The molecule has 0 spiro atoms. The highest BCUT2D eigenvalue weighted by Crippen LogP contribution is 1.84. The second kappa shape index (κ2) is 6.15. The van der Waals surface area contributed by atoms with E-state index in [1.165, 1.54) is 0 Å². The molecule has 0 aliphatic heterocycles. The summed E-state index contributed by atoms with van der Waals surface area (Å²) < 4.78 is 0. The molecule has 2 nitrogen and oxygen atoms in total. The Morgan fingerprint density at radius 3 is 2.80 bits per heavy atom.